The summed E-state index contributed by atoms with van der Waals surface area (Å²) in [4.78, 5) is 28.2. The van der Waals surface area contributed by atoms with E-state index in [-0.39, 0.29) is 29.4 Å². The first-order valence-electron chi connectivity index (χ1n) is 10.4. The SMILES string of the molecule is CO/N=C1/CC(OC(C)=O)[C@H]2[C@@H]3CCc4cc(OC(C)=O)ccc4[C@H]3CC[C@]12C. The number of rotatable bonds is 3. The number of fused-ring (bicyclic) bond motifs is 5. The van der Waals surface area contributed by atoms with Gasteiger partial charge in [-0.3, -0.25) is 9.59 Å². The highest BCUT2D eigenvalue weighted by molar-refractivity contribution is 5.93. The summed E-state index contributed by atoms with van der Waals surface area (Å²) in [5, 5.41) is 4.34. The van der Waals surface area contributed by atoms with Gasteiger partial charge in [-0.2, -0.15) is 0 Å². The number of ether oxygens (including phenoxy) is 2. The second-order valence-corrected chi connectivity index (χ2v) is 8.82. The zero-order valence-electron chi connectivity index (χ0n) is 17.6. The molecule has 3 aliphatic carbocycles. The lowest BCUT2D eigenvalue weighted by molar-refractivity contribution is -0.151. The molecule has 0 saturated heterocycles. The lowest BCUT2D eigenvalue weighted by Gasteiger charge is -2.49. The number of esters is 2. The summed E-state index contributed by atoms with van der Waals surface area (Å²) in [7, 11) is 1.58. The van der Waals surface area contributed by atoms with Crippen LogP contribution in [0.4, 0.5) is 0 Å². The van der Waals surface area contributed by atoms with Gasteiger partial charge in [-0.15, -0.1) is 0 Å². The summed E-state index contributed by atoms with van der Waals surface area (Å²) in [6.45, 7) is 5.16. The van der Waals surface area contributed by atoms with Crippen LogP contribution < -0.4 is 4.74 Å². The topological polar surface area (TPSA) is 74.2 Å². The molecule has 6 nitrogen and oxygen atoms in total. The van der Waals surface area contributed by atoms with E-state index in [1.54, 1.807) is 7.11 Å². The van der Waals surface area contributed by atoms with Crippen molar-refractivity contribution in [3.05, 3.63) is 29.3 Å². The molecule has 0 N–H and O–H groups in total. The second kappa shape index (κ2) is 7.47. The van der Waals surface area contributed by atoms with Crippen LogP contribution in [-0.4, -0.2) is 30.9 Å². The number of nitrogens with zero attached hydrogens (tertiary/aromatic N) is 1. The maximum atomic E-state index is 11.8. The van der Waals surface area contributed by atoms with Gasteiger partial charge >= 0.3 is 11.9 Å². The number of hydrogen-bond acceptors (Lipinski definition) is 6. The zero-order chi connectivity index (χ0) is 20.8. The van der Waals surface area contributed by atoms with Crippen LogP contribution in [0.5, 0.6) is 5.75 Å². The van der Waals surface area contributed by atoms with Crippen molar-refractivity contribution in [2.75, 3.05) is 7.11 Å². The Bertz CT molecular complexity index is 863. The predicted molar refractivity (Wildman–Crippen MR) is 108 cm³/mol. The van der Waals surface area contributed by atoms with E-state index in [2.05, 4.69) is 18.1 Å². The smallest absolute Gasteiger partial charge is 0.308 e. The average Bonchev–Trinajstić information content (AvgIpc) is 2.92. The zero-order valence-corrected chi connectivity index (χ0v) is 17.6. The van der Waals surface area contributed by atoms with Gasteiger partial charge in [0.15, 0.2) is 0 Å². The van der Waals surface area contributed by atoms with Gasteiger partial charge in [0.05, 0.1) is 5.71 Å². The Morgan fingerprint density at radius 2 is 1.97 bits per heavy atom. The fourth-order valence-electron chi connectivity index (χ4n) is 6.19. The molecule has 1 unspecified atom stereocenters. The lowest BCUT2D eigenvalue weighted by Crippen LogP contribution is -2.46. The Labute approximate surface area is 171 Å². The lowest BCUT2D eigenvalue weighted by atomic mass is 9.55. The van der Waals surface area contributed by atoms with Gasteiger partial charge in [-0.25, -0.2) is 0 Å². The van der Waals surface area contributed by atoms with Gasteiger partial charge in [-0.1, -0.05) is 18.1 Å². The second-order valence-electron chi connectivity index (χ2n) is 8.82. The van der Waals surface area contributed by atoms with Crippen molar-refractivity contribution in [3.63, 3.8) is 0 Å². The van der Waals surface area contributed by atoms with E-state index in [0.717, 1.165) is 31.4 Å². The summed E-state index contributed by atoms with van der Waals surface area (Å²) in [5.74, 6) is 1.16. The van der Waals surface area contributed by atoms with Crippen LogP contribution in [0, 0.1) is 17.3 Å². The Kier molecular flexibility index (Phi) is 5.13. The van der Waals surface area contributed by atoms with Gasteiger partial charge < -0.3 is 14.3 Å². The van der Waals surface area contributed by atoms with Crippen LogP contribution in [0.15, 0.2) is 23.4 Å². The molecule has 0 aromatic heterocycles. The van der Waals surface area contributed by atoms with E-state index < -0.39 is 0 Å². The highest BCUT2D eigenvalue weighted by Crippen LogP contribution is 2.60. The summed E-state index contributed by atoms with van der Waals surface area (Å²) in [5.41, 5.74) is 3.52. The third-order valence-electron chi connectivity index (χ3n) is 7.18. The molecule has 2 saturated carbocycles. The largest absolute Gasteiger partial charge is 0.462 e. The summed E-state index contributed by atoms with van der Waals surface area (Å²) >= 11 is 0. The predicted octanol–water partition coefficient (Wildman–Crippen LogP) is 4.01. The third-order valence-corrected chi connectivity index (χ3v) is 7.18. The van der Waals surface area contributed by atoms with Crippen molar-refractivity contribution >= 4 is 17.7 Å². The van der Waals surface area contributed by atoms with E-state index in [4.69, 9.17) is 14.3 Å². The van der Waals surface area contributed by atoms with Crippen molar-refractivity contribution in [1.82, 2.24) is 0 Å². The number of carbonyl (C=O) groups is 2. The van der Waals surface area contributed by atoms with Crippen LogP contribution in [-0.2, 0) is 25.6 Å². The highest BCUT2D eigenvalue weighted by atomic mass is 16.6. The standard InChI is InChI=1S/C23H29NO5/c1-13(25)28-16-6-8-17-15(11-16)5-7-19-18(17)9-10-23(3)21(24-27-4)12-20(22(19)23)29-14(2)26/h6,8,11,18-20,22H,5,7,9-10,12H2,1-4H3/b24-21-/t18-,19-,20?,22-,23-/m1/s1. The maximum absolute atomic E-state index is 11.8. The molecule has 0 heterocycles. The third kappa shape index (κ3) is 3.43. The molecule has 29 heavy (non-hydrogen) atoms. The Morgan fingerprint density at radius 1 is 1.17 bits per heavy atom. The number of benzene rings is 1. The Balaban J connectivity index is 1.68. The minimum Gasteiger partial charge on any atom is -0.462 e. The first kappa shape index (κ1) is 19.9. The average molecular weight is 399 g/mol. The maximum Gasteiger partial charge on any atom is 0.308 e. The first-order valence-corrected chi connectivity index (χ1v) is 10.4. The van der Waals surface area contributed by atoms with Crippen LogP contribution in [0.1, 0.15) is 63.5 Å². The molecule has 156 valence electrons. The van der Waals surface area contributed by atoms with Crippen molar-refractivity contribution < 1.29 is 23.9 Å². The summed E-state index contributed by atoms with van der Waals surface area (Å²) in [6, 6.07) is 6.02. The fourth-order valence-corrected chi connectivity index (χ4v) is 6.19. The van der Waals surface area contributed by atoms with Gasteiger partial charge in [0.1, 0.15) is 19.0 Å². The van der Waals surface area contributed by atoms with Crippen molar-refractivity contribution in [3.8, 4) is 5.75 Å². The molecule has 4 rings (SSSR count). The van der Waals surface area contributed by atoms with Crippen molar-refractivity contribution in [1.29, 1.82) is 0 Å². The molecule has 0 spiro atoms. The molecule has 0 aliphatic heterocycles. The van der Waals surface area contributed by atoms with E-state index >= 15 is 0 Å². The Hall–Kier alpha value is -2.37. The minimum absolute atomic E-state index is 0.105. The quantitative estimate of drug-likeness (QED) is 0.436. The van der Waals surface area contributed by atoms with Crippen LogP contribution >= 0.6 is 0 Å². The number of oxime groups is 1. The van der Waals surface area contributed by atoms with Gasteiger partial charge in [0.2, 0.25) is 0 Å². The fraction of sp³-hybridized carbons (Fsp3) is 0.609. The van der Waals surface area contributed by atoms with E-state index in [1.807, 2.05) is 12.1 Å². The summed E-state index contributed by atoms with van der Waals surface area (Å²) in [6.07, 6.45) is 4.51. The number of hydrogen-bond donors (Lipinski definition) is 0. The Morgan fingerprint density at radius 3 is 2.66 bits per heavy atom. The molecule has 5 atom stereocenters. The van der Waals surface area contributed by atoms with Gasteiger partial charge in [-0.05, 0) is 60.8 Å². The molecule has 1 aromatic rings. The van der Waals surface area contributed by atoms with Crippen LogP contribution in [0.25, 0.3) is 0 Å². The number of carbonyl (C=O) groups excluding carboxylic acids is 2. The normalized spacial score (nSPS) is 34.0. The molecular formula is C23H29NO5. The molecule has 0 amide bonds. The van der Waals surface area contributed by atoms with Gasteiger partial charge in [0, 0.05) is 31.6 Å². The van der Waals surface area contributed by atoms with Crippen molar-refractivity contribution in [2.45, 2.75) is 64.9 Å². The molecule has 2 fully saturated rings. The van der Waals surface area contributed by atoms with E-state index in [9.17, 15) is 9.59 Å². The highest BCUT2D eigenvalue weighted by Gasteiger charge is 2.59. The minimum atomic E-state index is -0.299. The molecule has 0 bridgehead atoms. The van der Waals surface area contributed by atoms with Crippen LogP contribution in [0.3, 0.4) is 0 Å². The van der Waals surface area contributed by atoms with E-state index in [0.29, 0.717) is 24.0 Å². The monoisotopic (exact) mass is 399 g/mol. The first-order chi connectivity index (χ1) is 13.8. The van der Waals surface area contributed by atoms with Crippen LogP contribution in [0.2, 0.25) is 0 Å². The van der Waals surface area contributed by atoms with E-state index in [1.165, 1.54) is 25.0 Å². The van der Waals surface area contributed by atoms with Crippen molar-refractivity contribution in [2.24, 2.45) is 22.4 Å². The molecule has 0 radical (unpaired) electrons. The molecule has 6 heteroatoms. The molecule has 1 aromatic carbocycles. The molecule has 3 aliphatic rings. The summed E-state index contributed by atoms with van der Waals surface area (Å²) < 4.78 is 11.1. The van der Waals surface area contributed by atoms with Gasteiger partial charge in [0.25, 0.3) is 0 Å². The number of aryl methyl sites for hydroxylation is 1. The molecular weight excluding hydrogens is 370 g/mol.